The molecule has 206 valence electrons. The van der Waals surface area contributed by atoms with E-state index in [9.17, 15) is 19.2 Å². The van der Waals surface area contributed by atoms with Crippen LogP contribution < -0.4 is 10.6 Å². The van der Waals surface area contributed by atoms with Crippen LogP contribution in [0, 0.1) is 5.92 Å². The van der Waals surface area contributed by atoms with Crippen molar-refractivity contribution in [1.29, 1.82) is 0 Å². The highest BCUT2D eigenvalue weighted by Gasteiger charge is 2.46. The van der Waals surface area contributed by atoms with E-state index >= 15 is 0 Å². The average molecular weight is 521 g/mol. The normalized spacial score (nSPS) is 23.2. The lowest BCUT2D eigenvalue weighted by Crippen LogP contribution is -2.62. The van der Waals surface area contributed by atoms with Crippen molar-refractivity contribution in [3.8, 4) is 0 Å². The highest BCUT2D eigenvalue weighted by molar-refractivity contribution is 5.97. The second-order valence-corrected chi connectivity index (χ2v) is 9.26. The predicted molar refractivity (Wildman–Crippen MR) is 136 cm³/mol. The van der Waals surface area contributed by atoms with E-state index < -0.39 is 36.5 Å². The molecule has 0 aliphatic carbocycles. The van der Waals surface area contributed by atoms with E-state index in [1.165, 1.54) is 20.8 Å². The van der Waals surface area contributed by atoms with Crippen LogP contribution in [0.4, 0.5) is 0 Å². The number of hydrogen-bond acceptors (Lipinski definition) is 9. The van der Waals surface area contributed by atoms with E-state index in [2.05, 4.69) is 10.6 Å². The zero-order valence-electron chi connectivity index (χ0n) is 22.2. The highest BCUT2D eigenvalue weighted by atomic mass is 16.7. The second kappa shape index (κ2) is 16.1. The molecule has 2 unspecified atom stereocenters. The Hall–Kier alpha value is -2.82. The topological polar surface area (TPSA) is 129 Å². The van der Waals surface area contributed by atoms with Crippen molar-refractivity contribution in [2.45, 2.75) is 77.9 Å². The Morgan fingerprint density at radius 3 is 2.30 bits per heavy atom. The molecular weight excluding hydrogens is 480 g/mol. The molecule has 5 atom stereocenters. The minimum absolute atomic E-state index is 0.0763. The third-order valence-corrected chi connectivity index (χ3v) is 6.09. The Labute approximate surface area is 218 Å². The summed E-state index contributed by atoms with van der Waals surface area (Å²) < 4.78 is 22.6. The molecule has 10 heteroatoms. The Morgan fingerprint density at radius 1 is 0.946 bits per heavy atom. The first-order valence-corrected chi connectivity index (χ1v) is 12.8. The largest absolute Gasteiger partial charge is 0.463 e. The van der Waals surface area contributed by atoms with Gasteiger partial charge in [-0.2, -0.15) is 0 Å². The molecule has 1 fully saturated rings. The summed E-state index contributed by atoms with van der Waals surface area (Å²) in [6, 6.07) is 8.67. The number of esters is 2. The van der Waals surface area contributed by atoms with Crippen molar-refractivity contribution in [2.24, 2.45) is 5.92 Å². The lowest BCUT2D eigenvalue weighted by molar-refractivity contribution is -0.262. The summed E-state index contributed by atoms with van der Waals surface area (Å²) in [5.74, 6) is -1.48. The standard InChI is InChI=1S/C27H40N2O8/c1-18-25(29-19(2)30)27(37-24(17-35-20(3)31)26(18)36-21(4)32)34-15-11-6-5-10-14-28-16-23(33)22-12-8-7-9-13-22/h7-9,12-13,18,24-28H,5-6,10-11,14-17H2,1-4H3,(H,29,30)/t18-,24?,25?,26-,27-/m1/s1. The van der Waals surface area contributed by atoms with Crippen molar-refractivity contribution in [1.82, 2.24) is 10.6 Å². The zero-order chi connectivity index (χ0) is 27.2. The van der Waals surface area contributed by atoms with Crippen LogP contribution in [-0.4, -0.2) is 74.5 Å². The molecule has 0 bridgehead atoms. The molecule has 1 aliphatic rings. The molecule has 0 radical (unpaired) electrons. The fraction of sp³-hybridized carbons (Fsp3) is 0.630. The summed E-state index contributed by atoms with van der Waals surface area (Å²) in [5, 5.41) is 6.03. The zero-order valence-corrected chi connectivity index (χ0v) is 22.2. The molecule has 2 rings (SSSR count). The van der Waals surface area contributed by atoms with Crippen molar-refractivity contribution < 1.29 is 38.1 Å². The maximum atomic E-state index is 12.1. The van der Waals surface area contributed by atoms with Gasteiger partial charge in [0.1, 0.15) is 18.8 Å². The van der Waals surface area contributed by atoms with Gasteiger partial charge in [0, 0.05) is 38.9 Å². The van der Waals surface area contributed by atoms with E-state index in [4.69, 9.17) is 18.9 Å². The number of carbonyl (C=O) groups excluding carboxylic acids is 4. The molecular formula is C27H40N2O8. The van der Waals surface area contributed by atoms with Gasteiger partial charge in [-0.15, -0.1) is 0 Å². The van der Waals surface area contributed by atoms with Crippen LogP contribution in [0.2, 0.25) is 0 Å². The first-order chi connectivity index (χ1) is 17.7. The molecule has 0 spiro atoms. The summed E-state index contributed by atoms with van der Waals surface area (Å²) in [5.41, 5.74) is 0.707. The van der Waals surface area contributed by atoms with Crippen LogP contribution in [0.1, 0.15) is 63.7 Å². The number of ether oxygens (including phenoxy) is 4. The summed E-state index contributed by atoms with van der Waals surface area (Å²) in [4.78, 5) is 46.9. The Kier molecular flexibility index (Phi) is 13.2. The van der Waals surface area contributed by atoms with E-state index in [1.54, 1.807) is 0 Å². The van der Waals surface area contributed by atoms with Crippen molar-refractivity contribution >= 4 is 23.6 Å². The Morgan fingerprint density at radius 2 is 1.65 bits per heavy atom. The van der Waals surface area contributed by atoms with Gasteiger partial charge < -0.3 is 29.6 Å². The molecule has 2 N–H and O–H groups in total. The van der Waals surface area contributed by atoms with Gasteiger partial charge in [-0.25, -0.2) is 0 Å². The molecule has 1 heterocycles. The quantitative estimate of drug-likeness (QED) is 0.203. The first-order valence-electron chi connectivity index (χ1n) is 12.8. The molecule has 0 aromatic heterocycles. The molecule has 1 aromatic carbocycles. The molecule has 37 heavy (non-hydrogen) atoms. The van der Waals surface area contributed by atoms with Crippen molar-refractivity contribution in [3.05, 3.63) is 35.9 Å². The fourth-order valence-electron chi connectivity index (χ4n) is 4.24. The summed E-state index contributed by atoms with van der Waals surface area (Å²) in [6.07, 6.45) is 1.40. The van der Waals surface area contributed by atoms with Gasteiger partial charge >= 0.3 is 11.9 Å². The van der Waals surface area contributed by atoms with Crippen molar-refractivity contribution in [2.75, 3.05) is 26.3 Å². The molecule has 1 aromatic rings. The van der Waals surface area contributed by atoms with Gasteiger partial charge in [0.25, 0.3) is 0 Å². The summed E-state index contributed by atoms with van der Waals surface area (Å²) >= 11 is 0. The third-order valence-electron chi connectivity index (χ3n) is 6.09. The number of rotatable bonds is 15. The molecule has 1 amide bonds. The predicted octanol–water partition coefficient (Wildman–Crippen LogP) is 2.40. The minimum Gasteiger partial charge on any atom is -0.463 e. The average Bonchev–Trinajstić information content (AvgIpc) is 2.85. The number of ketones is 1. The summed E-state index contributed by atoms with van der Waals surface area (Å²) in [7, 11) is 0. The fourth-order valence-corrected chi connectivity index (χ4v) is 4.24. The molecule has 10 nitrogen and oxygen atoms in total. The molecule has 1 aliphatic heterocycles. The molecule has 0 saturated carbocycles. The maximum Gasteiger partial charge on any atom is 0.303 e. The van der Waals surface area contributed by atoms with Crippen LogP contribution >= 0.6 is 0 Å². The number of Topliss-reactive ketones (excluding diaryl/α,β-unsaturated/α-hetero) is 1. The number of benzene rings is 1. The Balaban J connectivity index is 1.76. The molecule has 1 saturated heterocycles. The third kappa shape index (κ3) is 11.0. The van der Waals surface area contributed by atoms with Gasteiger partial charge in [-0.05, 0) is 19.4 Å². The van der Waals surface area contributed by atoms with Crippen molar-refractivity contribution in [3.63, 3.8) is 0 Å². The van der Waals surface area contributed by atoms with E-state index in [0.29, 0.717) is 18.7 Å². The first kappa shape index (κ1) is 30.4. The lowest BCUT2D eigenvalue weighted by Gasteiger charge is -2.44. The smallest absolute Gasteiger partial charge is 0.303 e. The number of nitrogens with one attached hydrogen (secondary N) is 2. The van der Waals surface area contributed by atoms with Gasteiger partial charge in [0.15, 0.2) is 12.1 Å². The van der Waals surface area contributed by atoms with Crippen LogP contribution in [0.3, 0.4) is 0 Å². The van der Waals surface area contributed by atoms with Gasteiger partial charge in [-0.1, -0.05) is 50.1 Å². The van der Waals surface area contributed by atoms with Crippen LogP contribution in [0.15, 0.2) is 30.3 Å². The number of carbonyl (C=O) groups is 4. The van der Waals surface area contributed by atoms with Gasteiger partial charge in [0.2, 0.25) is 5.91 Å². The van der Waals surface area contributed by atoms with E-state index in [-0.39, 0.29) is 24.2 Å². The lowest BCUT2D eigenvalue weighted by atomic mass is 9.88. The number of amides is 1. The highest BCUT2D eigenvalue weighted by Crippen LogP contribution is 2.30. The van der Waals surface area contributed by atoms with Crippen LogP contribution in [0.25, 0.3) is 0 Å². The van der Waals surface area contributed by atoms with Gasteiger partial charge in [0.05, 0.1) is 12.6 Å². The second-order valence-electron chi connectivity index (χ2n) is 9.26. The van der Waals surface area contributed by atoms with Crippen LogP contribution in [0.5, 0.6) is 0 Å². The van der Waals surface area contributed by atoms with E-state index in [0.717, 1.165) is 32.2 Å². The minimum atomic E-state index is -0.781. The number of hydrogen-bond donors (Lipinski definition) is 2. The monoisotopic (exact) mass is 520 g/mol. The Bertz CT molecular complexity index is 876. The van der Waals surface area contributed by atoms with E-state index in [1.807, 2.05) is 37.3 Å². The number of unbranched alkanes of at least 4 members (excludes halogenated alkanes) is 3. The van der Waals surface area contributed by atoms with Gasteiger partial charge in [-0.3, -0.25) is 19.2 Å². The van der Waals surface area contributed by atoms with Crippen LogP contribution in [-0.2, 0) is 33.3 Å². The SMILES string of the molecule is CC(=O)NC1[C@H](OCCCCCCNCC(=O)c2ccccc2)OC(COC(C)=O)[C@H](OC(C)=O)[C@@H]1C. The summed E-state index contributed by atoms with van der Waals surface area (Å²) in [6.45, 7) is 7.21. The maximum absolute atomic E-state index is 12.1.